The highest BCUT2D eigenvalue weighted by Gasteiger charge is 2.47. The number of anilines is 1. The van der Waals surface area contributed by atoms with Crippen LogP contribution in [0.3, 0.4) is 0 Å². The quantitative estimate of drug-likeness (QED) is 0.872. The van der Waals surface area contributed by atoms with Gasteiger partial charge in [-0.1, -0.05) is 29.8 Å². The predicted octanol–water partition coefficient (Wildman–Crippen LogP) is 3.37. The normalized spacial score (nSPS) is 18.8. The molecule has 2 atom stereocenters. The van der Waals surface area contributed by atoms with Gasteiger partial charge in [-0.25, -0.2) is 4.39 Å². The van der Waals surface area contributed by atoms with E-state index in [1.54, 1.807) is 36.4 Å². The van der Waals surface area contributed by atoms with E-state index in [-0.39, 0.29) is 29.5 Å². The van der Waals surface area contributed by atoms with Gasteiger partial charge in [0.05, 0.1) is 11.8 Å². The van der Waals surface area contributed by atoms with E-state index in [1.807, 2.05) is 0 Å². The second kappa shape index (κ2) is 7.01. The Morgan fingerprint density at radius 1 is 1.08 bits per heavy atom. The molecule has 3 rings (SSSR count). The van der Waals surface area contributed by atoms with Gasteiger partial charge in [-0.15, -0.1) is 0 Å². The van der Waals surface area contributed by atoms with Gasteiger partial charge < -0.3 is 10.6 Å². The Kier molecular flexibility index (Phi) is 4.81. The van der Waals surface area contributed by atoms with E-state index in [9.17, 15) is 14.0 Å². The van der Waals surface area contributed by atoms with Crippen molar-refractivity contribution in [2.24, 2.45) is 11.8 Å². The number of carbonyl (C=O) groups is 2. The van der Waals surface area contributed by atoms with Gasteiger partial charge in [0.2, 0.25) is 11.8 Å². The largest absolute Gasteiger partial charge is 0.352 e. The van der Waals surface area contributed by atoms with Crippen molar-refractivity contribution in [3.8, 4) is 0 Å². The molecule has 1 aliphatic carbocycles. The molecule has 2 aromatic rings. The Morgan fingerprint density at radius 3 is 2.50 bits per heavy atom. The second-order valence-electron chi connectivity index (χ2n) is 5.79. The summed E-state index contributed by atoms with van der Waals surface area (Å²) in [6.07, 6.45) is 0.529. The van der Waals surface area contributed by atoms with Crippen LogP contribution in [0.15, 0.2) is 48.5 Å². The first-order valence-electron chi connectivity index (χ1n) is 7.61. The van der Waals surface area contributed by atoms with Crippen molar-refractivity contribution in [3.05, 3.63) is 64.9 Å². The zero-order valence-corrected chi connectivity index (χ0v) is 13.5. The van der Waals surface area contributed by atoms with Crippen molar-refractivity contribution in [2.45, 2.75) is 13.0 Å². The predicted molar refractivity (Wildman–Crippen MR) is 89.9 cm³/mol. The molecule has 0 bridgehead atoms. The Hall–Kier alpha value is -2.40. The average Bonchev–Trinajstić information content (AvgIpc) is 3.35. The van der Waals surface area contributed by atoms with Crippen LogP contribution in [0.4, 0.5) is 10.1 Å². The number of halogens is 2. The number of carbonyl (C=O) groups excluding carboxylic acids is 2. The van der Waals surface area contributed by atoms with Crippen molar-refractivity contribution in [3.63, 3.8) is 0 Å². The van der Waals surface area contributed by atoms with Crippen LogP contribution in [0.25, 0.3) is 0 Å². The minimum Gasteiger partial charge on any atom is -0.352 e. The minimum atomic E-state index is -0.322. The van der Waals surface area contributed by atoms with E-state index in [1.165, 1.54) is 12.1 Å². The van der Waals surface area contributed by atoms with Crippen LogP contribution in [0.2, 0.25) is 5.02 Å². The molecule has 0 heterocycles. The lowest BCUT2D eigenvalue weighted by Gasteiger charge is -2.06. The maximum atomic E-state index is 12.8. The molecule has 1 fully saturated rings. The van der Waals surface area contributed by atoms with Crippen molar-refractivity contribution < 1.29 is 14.0 Å². The van der Waals surface area contributed by atoms with Crippen LogP contribution in [-0.4, -0.2) is 11.8 Å². The Balaban J connectivity index is 1.48. The van der Waals surface area contributed by atoms with Gasteiger partial charge >= 0.3 is 0 Å². The van der Waals surface area contributed by atoms with Gasteiger partial charge in [0, 0.05) is 17.3 Å². The van der Waals surface area contributed by atoms with Crippen LogP contribution in [-0.2, 0) is 16.1 Å². The average molecular weight is 347 g/mol. The van der Waals surface area contributed by atoms with Gasteiger partial charge in [0.1, 0.15) is 5.82 Å². The van der Waals surface area contributed by atoms with E-state index >= 15 is 0 Å². The van der Waals surface area contributed by atoms with Crippen molar-refractivity contribution in [2.75, 3.05) is 5.32 Å². The van der Waals surface area contributed by atoms with Gasteiger partial charge in [0.25, 0.3) is 0 Å². The van der Waals surface area contributed by atoms with Gasteiger partial charge in [0.15, 0.2) is 0 Å². The number of nitrogens with one attached hydrogen (secondary N) is 2. The van der Waals surface area contributed by atoms with Crippen molar-refractivity contribution in [1.82, 2.24) is 5.32 Å². The first-order chi connectivity index (χ1) is 11.5. The highest BCUT2D eigenvalue weighted by atomic mass is 35.5. The fourth-order valence-corrected chi connectivity index (χ4v) is 2.69. The van der Waals surface area contributed by atoms with E-state index in [0.29, 0.717) is 23.7 Å². The summed E-state index contributed by atoms with van der Waals surface area (Å²) in [5, 5.41) is 6.08. The molecule has 0 saturated heterocycles. The number of rotatable bonds is 5. The highest BCUT2D eigenvalue weighted by molar-refractivity contribution is 6.30. The summed E-state index contributed by atoms with van der Waals surface area (Å²) in [6.45, 7) is 0.318. The molecule has 124 valence electrons. The molecule has 4 nitrogen and oxygen atoms in total. The first-order valence-corrected chi connectivity index (χ1v) is 7.99. The zero-order chi connectivity index (χ0) is 17.1. The number of benzene rings is 2. The maximum Gasteiger partial charge on any atom is 0.228 e. The fraction of sp³-hybridized carbons (Fsp3) is 0.222. The Morgan fingerprint density at radius 2 is 1.79 bits per heavy atom. The van der Waals surface area contributed by atoms with Crippen LogP contribution in [0, 0.1) is 17.7 Å². The molecule has 24 heavy (non-hydrogen) atoms. The van der Waals surface area contributed by atoms with Crippen LogP contribution in [0.5, 0.6) is 0 Å². The summed E-state index contributed by atoms with van der Waals surface area (Å²) in [4.78, 5) is 24.2. The number of amides is 2. The third kappa shape index (κ3) is 4.11. The van der Waals surface area contributed by atoms with Crippen molar-refractivity contribution in [1.29, 1.82) is 0 Å². The zero-order valence-electron chi connectivity index (χ0n) is 12.8. The molecule has 2 N–H and O–H groups in total. The lowest BCUT2D eigenvalue weighted by molar-refractivity contribution is -0.125. The minimum absolute atomic E-state index is 0.162. The van der Waals surface area contributed by atoms with Gasteiger partial charge in [-0.2, -0.15) is 0 Å². The summed E-state index contributed by atoms with van der Waals surface area (Å²) in [7, 11) is 0. The highest BCUT2D eigenvalue weighted by Crippen LogP contribution is 2.39. The lowest BCUT2D eigenvalue weighted by atomic mass is 10.2. The maximum absolute atomic E-state index is 12.8. The molecule has 0 spiro atoms. The Bertz CT molecular complexity index is 764. The van der Waals surface area contributed by atoms with Crippen LogP contribution in [0.1, 0.15) is 12.0 Å². The molecule has 2 aromatic carbocycles. The van der Waals surface area contributed by atoms with E-state index < -0.39 is 0 Å². The number of hydrogen-bond donors (Lipinski definition) is 2. The molecular weight excluding hydrogens is 331 g/mol. The smallest absolute Gasteiger partial charge is 0.228 e. The molecule has 6 heteroatoms. The monoisotopic (exact) mass is 346 g/mol. The van der Waals surface area contributed by atoms with Gasteiger partial charge in [-0.05, 0) is 42.3 Å². The molecule has 0 radical (unpaired) electrons. The topological polar surface area (TPSA) is 58.2 Å². The van der Waals surface area contributed by atoms with Crippen molar-refractivity contribution >= 4 is 29.1 Å². The third-order valence-electron chi connectivity index (χ3n) is 3.94. The van der Waals surface area contributed by atoms with Crippen LogP contribution >= 0.6 is 11.6 Å². The second-order valence-corrected chi connectivity index (χ2v) is 6.23. The van der Waals surface area contributed by atoms with Gasteiger partial charge in [-0.3, -0.25) is 9.59 Å². The van der Waals surface area contributed by atoms with E-state index in [0.717, 1.165) is 5.56 Å². The third-order valence-corrected chi connectivity index (χ3v) is 4.17. The molecule has 2 unspecified atom stereocenters. The molecule has 1 aliphatic rings. The summed E-state index contributed by atoms with van der Waals surface area (Å²) < 4.78 is 12.8. The van der Waals surface area contributed by atoms with Crippen LogP contribution < -0.4 is 10.6 Å². The summed E-state index contributed by atoms with van der Waals surface area (Å²) in [5.41, 5.74) is 1.43. The summed E-state index contributed by atoms with van der Waals surface area (Å²) >= 11 is 5.87. The molecule has 0 aromatic heterocycles. The van der Waals surface area contributed by atoms with E-state index in [4.69, 9.17) is 11.6 Å². The molecule has 0 aliphatic heterocycles. The SMILES string of the molecule is O=C(NCc1ccc(F)cc1)C1CC1C(=O)Nc1cccc(Cl)c1. The lowest BCUT2D eigenvalue weighted by Crippen LogP contribution is -2.27. The molecule has 2 amide bonds. The standard InChI is InChI=1S/C18H16ClFN2O2/c19-12-2-1-3-14(8-12)22-18(24)16-9-15(16)17(23)21-10-11-4-6-13(20)7-5-11/h1-8,15-16H,9-10H2,(H,21,23)(H,22,24). The first kappa shape index (κ1) is 16.5. The van der Waals surface area contributed by atoms with E-state index in [2.05, 4.69) is 10.6 Å². The fourth-order valence-electron chi connectivity index (χ4n) is 2.50. The Labute approximate surface area is 144 Å². The number of hydrogen-bond acceptors (Lipinski definition) is 2. The molecular formula is C18H16ClFN2O2. The summed E-state index contributed by atoms with van der Waals surface area (Å²) in [6, 6.07) is 12.8. The molecule has 1 saturated carbocycles. The summed E-state index contributed by atoms with van der Waals surface area (Å²) in [5.74, 6) is -1.29.